The molecule has 0 amide bonds. The number of hydrogen-bond donors (Lipinski definition) is 2. The van der Waals surface area contributed by atoms with Gasteiger partial charge in [-0.3, -0.25) is 0 Å². The summed E-state index contributed by atoms with van der Waals surface area (Å²) in [6.07, 6.45) is 2.42. The van der Waals surface area contributed by atoms with E-state index < -0.39 is 0 Å². The molecule has 0 saturated carbocycles. The van der Waals surface area contributed by atoms with Gasteiger partial charge in [0.25, 0.3) is 0 Å². The number of aryl methyl sites for hydroxylation is 1. The molecular formula is C13H19N5S2. The highest BCUT2D eigenvalue weighted by Crippen LogP contribution is 2.37. The third-order valence-electron chi connectivity index (χ3n) is 3.55. The molecule has 1 fully saturated rings. The van der Waals surface area contributed by atoms with Crippen molar-refractivity contribution < 1.29 is 0 Å². The first kappa shape index (κ1) is 13.8. The Hall–Kier alpha value is -1.18. The molecule has 3 heterocycles. The molecular weight excluding hydrogens is 290 g/mol. The molecule has 0 aromatic carbocycles. The van der Waals surface area contributed by atoms with E-state index in [2.05, 4.69) is 26.6 Å². The van der Waals surface area contributed by atoms with Crippen LogP contribution in [0.1, 0.15) is 17.8 Å². The largest absolute Gasteiger partial charge is 0.382 e. The monoisotopic (exact) mass is 309 g/mol. The van der Waals surface area contributed by atoms with E-state index in [9.17, 15) is 0 Å². The predicted octanol–water partition coefficient (Wildman–Crippen LogP) is 2.66. The van der Waals surface area contributed by atoms with Gasteiger partial charge in [-0.2, -0.15) is 4.37 Å². The van der Waals surface area contributed by atoms with E-state index in [4.69, 9.17) is 5.73 Å². The van der Waals surface area contributed by atoms with Crippen LogP contribution in [0.15, 0.2) is 5.38 Å². The Morgan fingerprint density at radius 1 is 1.50 bits per heavy atom. The van der Waals surface area contributed by atoms with Gasteiger partial charge >= 0.3 is 0 Å². The van der Waals surface area contributed by atoms with Crippen LogP contribution in [0.4, 0.5) is 10.8 Å². The molecule has 0 aliphatic carbocycles. The minimum atomic E-state index is 0.465. The molecule has 1 unspecified atom stereocenters. The molecule has 0 spiro atoms. The molecule has 3 rings (SSSR count). The standard InChI is InChI=1S/C13H19N5S2/c1-8-15-10(7-19-8)11-12(14)17-20-13(11)16-9-4-3-5-18(2)6-9/h7,9,16H,3-6H2,1-2H3,(H2,14,17). The lowest BCUT2D eigenvalue weighted by Gasteiger charge is -2.30. The van der Waals surface area contributed by atoms with Gasteiger partial charge in [-0.1, -0.05) is 0 Å². The highest BCUT2D eigenvalue weighted by atomic mass is 32.1. The van der Waals surface area contributed by atoms with Crippen molar-refractivity contribution >= 4 is 33.7 Å². The van der Waals surface area contributed by atoms with Crippen molar-refractivity contribution in [1.82, 2.24) is 14.3 Å². The zero-order chi connectivity index (χ0) is 14.1. The van der Waals surface area contributed by atoms with Crippen LogP contribution in [0.25, 0.3) is 11.3 Å². The van der Waals surface area contributed by atoms with Gasteiger partial charge in [-0.05, 0) is 44.9 Å². The fourth-order valence-corrected chi connectivity index (χ4v) is 4.00. The maximum absolute atomic E-state index is 6.03. The Labute approximate surface area is 127 Å². The number of hydrogen-bond acceptors (Lipinski definition) is 7. The van der Waals surface area contributed by atoms with E-state index in [0.717, 1.165) is 27.8 Å². The molecule has 5 nitrogen and oxygen atoms in total. The number of nitrogens with one attached hydrogen (secondary N) is 1. The van der Waals surface area contributed by atoms with Crippen molar-refractivity contribution in [1.29, 1.82) is 0 Å². The first-order chi connectivity index (χ1) is 9.63. The van der Waals surface area contributed by atoms with Crippen LogP contribution in [0, 0.1) is 6.92 Å². The molecule has 20 heavy (non-hydrogen) atoms. The molecule has 0 bridgehead atoms. The lowest BCUT2D eigenvalue weighted by Crippen LogP contribution is -2.39. The van der Waals surface area contributed by atoms with E-state index in [1.54, 1.807) is 11.3 Å². The van der Waals surface area contributed by atoms with Crippen molar-refractivity contribution in [3.8, 4) is 11.3 Å². The molecule has 2 aromatic rings. The summed E-state index contributed by atoms with van der Waals surface area (Å²) >= 11 is 3.08. The number of aromatic nitrogens is 2. The van der Waals surface area contributed by atoms with Crippen molar-refractivity contribution in [2.24, 2.45) is 0 Å². The lowest BCUT2D eigenvalue weighted by atomic mass is 10.1. The molecule has 0 radical (unpaired) electrons. The van der Waals surface area contributed by atoms with Crippen LogP contribution in [0.3, 0.4) is 0 Å². The van der Waals surface area contributed by atoms with Crippen LogP contribution in [-0.4, -0.2) is 40.4 Å². The van der Waals surface area contributed by atoms with E-state index in [1.807, 2.05) is 12.3 Å². The molecule has 3 N–H and O–H groups in total. The number of anilines is 2. The number of nitrogens with two attached hydrogens (primary N) is 1. The first-order valence-electron chi connectivity index (χ1n) is 6.76. The van der Waals surface area contributed by atoms with Crippen LogP contribution >= 0.6 is 22.9 Å². The molecule has 1 saturated heterocycles. The number of piperidine rings is 1. The van der Waals surface area contributed by atoms with E-state index in [1.165, 1.54) is 30.9 Å². The Kier molecular flexibility index (Phi) is 3.91. The van der Waals surface area contributed by atoms with Crippen LogP contribution in [-0.2, 0) is 0 Å². The van der Waals surface area contributed by atoms with Crippen LogP contribution in [0.2, 0.25) is 0 Å². The van der Waals surface area contributed by atoms with Gasteiger partial charge in [0.2, 0.25) is 0 Å². The average molecular weight is 309 g/mol. The van der Waals surface area contributed by atoms with Gasteiger partial charge in [-0.15, -0.1) is 11.3 Å². The zero-order valence-electron chi connectivity index (χ0n) is 11.7. The lowest BCUT2D eigenvalue weighted by molar-refractivity contribution is 0.261. The second-order valence-corrected chi connectivity index (χ2v) is 7.11. The summed E-state index contributed by atoms with van der Waals surface area (Å²) in [7, 11) is 2.17. The third-order valence-corrected chi connectivity index (χ3v) is 5.12. The fourth-order valence-electron chi connectivity index (χ4n) is 2.60. The molecule has 1 aliphatic heterocycles. The SMILES string of the molecule is Cc1nc(-c2c(N)nsc2NC2CCCN(C)C2)cs1. The van der Waals surface area contributed by atoms with E-state index in [-0.39, 0.29) is 0 Å². The predicted molar refractivity (Wildman–Crippen MR) is 86.5 cm³/mol. The molecule has 1 atom stereocenters. The average Bonchev–Trinajstić information content (AvgIpc) is 2.96. The van der Waals surface area contributed by atoms with Crippen molar-refractivity contribution in [2.45, 2.75) is 25.8 Å². The normalized spacial score (nSPS) is 20.2. The number of nitrogens with zero attached hydrogens (tertiary/aromatic N) is 3. The minimum Gasteiger partial charge on any atom is -0.382 e. The van der Waals surface area contributed by atoms with E-state index in [0.29, 0.717) is 11.9 Å². The molecule has 108 valence electrons. The molecule has 2 aromatic heterocycles. The summed E-state index contributed by atoms with van der Waals surface area (Å²) < 4.78 is 4.29. The Morgan fingerprint density at radius 2 is 2.35 bits per heavy atom. The van der Waals surface area contributed by atoms with Gasteiger partial charge in [0.1, 0.15) is 10.8 Å². The highest BCUT2D eigenvalue weighted by molar-refractivity contribution is 7.11. The van der Waals surface area contributed by atoms with Gasteiger partial charge in [0.15, 0.2) is 0 Å². The second-order valence-electron chi connectivity index (χ2n) is 5.27. The van der Waals surface area contributed by atoms with E-state index >= 15 is 0 Å². The summed E-state index contributed by atoms with van der Waals surface area (Å²) in [6, 6.07) is 0.465. The number of thiazole rings is 1. The number of likely N-dealkylation sites (tertiary alicyclic amines) is 1. The van der Waals surface area contributed by atoms with Gasteiger partial charge < -0.3 is 16.0 Å². The Bertz CT molecular complexity index is 591. The molecule has 7 heteroatoms. The number of likely N-dealkylation sites (N-methyl/N-ethyl adjacent to an activating group) is 1. The number of rotatable bonds is 3. The van der Waals surface area contributed by atoms with Gasteiger partial charge in [-0.25, -0.2) is 4.98 Å². The minimum absolute atomic E-state index is 0.465. The Morgan fingerprint density at radius 3 is 3.05 bits per heavy atom. The highest BCUT2D eigenvalue weighted by Gasteiger charge is 2.21. The third kappa shape index (κ3) is 2.79. The zero-order valence-corrected chi connectivity index (χ0v) is 13.4. The second kappa shape index (κ2) is 5.67. The summed E-state index contributed by atoms with van der Waals surface area (Å²) in [4.78, 5) is 6.90. The summed E-state index contributed by atoms with van der Waals surface area (Å²) in [5.74, 6) is 0.576. The first-order valence-corrected chi connectivity index (χ1v) is 8.41. The summed E-state index contributed by atoms with van der Waals surface area (Å²) in [5, 5.41) is 7.76. The summed E-state index contributed by atoms with van der Waals surface area (Å²) in [5.41, 5.74) is 7.93. The quantitative estimate of drug-likeness (QED) is 0.912. The van der Waals surface area contributed by atoms with Crippen LogP contribution < -0.4 is 11.1 Å². The fraction of sp³-hybridized carbons (Fsp3) is 0.538. The topological polar surface area (TPSA) is 67.1 Å². The maximum Gasteiger partial charge on any atom is 0.148 e. The summed E-state index contributed by atoms with van der Waals surface area (Å²) in [6.45, 7) is 4.25. The smallest absolute Gasteiger partial charge is 0.148 e. The number of nitrogen functional groups attached to an aromatic ring is 1. The van der Waals surface area contributed by atoms with Gasteiger partial charge in [0, 0.05) is 18.0 Å². The van der Waals surface area contributed by atoms with Crippen molar-refractivity contribution in [2.75, 3.05) is 31.2 Å². The van der Waals surface area contributed by atoms with Crippen molar-refractivity contribution in [3.05, 3.63) is 10.4 Å². The molecule has 1 aliphatic rings. The Balaban J connectivity index is 1.83. The van der Waals surface area contributed by atoms with Crippen LogP contribution in [0.5, 0.6) is 0 Å². The van der Waals surface area contributed by atoms with Gasteiger partial charge in [0.05, 0.1) is 16.3 Å². The maximum atomic E-state index is 6.03. The van der Waals surface area contributed by atoms with Crippen molar-refractivity contribution in [3.63, 3.8) is 0 Å².